The summed E-state index contributed by atoms with van der Waals surface area (Å²) in [6.45, 7) is 1.66. The molecule has 1 rings (SSSR count). The Morgan fingerprint density at radius 1 is 1.35 bits per heavy atom. The maximum Gasteiger partial charge on any atom is 0.306 e. The van der Waals surface area contributed by atoms with E-state index in [4.69, 9.17) is 4.74 Å². The van der Waals surface area contributed by atoms with Gasteiger partial charge in [0.2, 0.25) is 0 Å². The zero-order valence-electron chi connectivity index (χ0n) is 10.4. The van der Waals surface area contributed by atoms with E-state index in [1.807, 2.05) is 25.1 Å². The Balaban J connectivity index is 3.10. The van der Waals surface area contributed by atoms with Crippen LogP contribution in [-0.2, 0) is 14.9 Å². The van der Waals surface area contributed by atoms with Gasteiger partial charge < -0.3 is 14.6 Å². The molecule has 0 spiro atoms. The highest BCUT2D eigenvalue weighted by molar-refractivity contribution is 5.71. The minimum absolute atomic E-state index is 0.111. The highest BCUT2D eigenvalue weighted by atomic mass is 16.5. The highest BCUT2D eigenvalue weighted by Crippen LogP contribution is 2.34. The Morgan fingerprint density at radius 2 is 2.00 bits per heavy atom. The number of hydrogen-bond acceptors (Lipinski definition) is 4. The Morgan fingerprint density at radius 3 is 2.53 bits per heavy atom. The summed E-state index contributed by atoms with van der Waals surface area (Å²) in [6.07, 6.45) is 0.111. The van der Waals surface area contributed by atoms with Crippen LogP contribution in [0.1, 0.15) is 18.9 Å². The average molecular weight is 238 g/mol. The van der Waals surface area contributed by atoms with Crippen molar-refractivity contribution in [1.82, 2.24) is 0 Å². The van der Waals surface area contributed by atoms with Crippen molar-refractivity contribution in [2.75, 3.05) is 20.8 Å². The second-order valence-corrected chi connectivity index (χ2v) is 4.17. The highest BCUT2D eigenvalue weighted by Gasteiger charge is 2.32. The van der Waals surface area contributed by atoms with Crippen LogP contribution < -0.4 is 4.74 Å². The van der Waals surface area contributed by atoms with Crippen LogP contribution in [0.3, 0.4) is 0 Å². The van der Waals surface area contributed by atoms with Gasteiger partial charge in [0, 0.05) is 11.0 Å². The first-order valence-electron chi connectivity index (χ1n) is 5.38. The van der Waals surface area contributed by atoms with Crippen molar-refractivity contribution in [2.45, 2.75) is 18.8 Å². The fraction of sp³-hybridized carbons (Fsp3) is 0.462. The topological polar surface area (TPSA) is 55.8 Å². The molecule has 94 valence electrons. The number of aliphatic hydroxyl groups excluding tert-OH is 1. The first-order chi connectivity index (χ1) is 8.07. The number of para-hydroxylation sites is 1. The van der Waals surface area contributed by atoms with Crippen molar-refractivity contribution < 1.29 is 19.4 Å². The quantitative estimate of drug-likeness (QED) is 0.790. The van der Waals surface area contributed by atoms with Gasteiger partial charge in [-0.25, -0.2) is 0 Å². The number of esters is 1. The Bertz CT molecular complexity index is 389. The molecule has 1 unspecified atom stereocenters. The Kier molecular flexibility index (Phi) is 4.52. The zero-order chi connectivity index (χ0) is 12.9. The van der Waals surface area contributed by atoms with Crippen LogP contribution in [0.4, 0.5) is 0 Å². The largest absolute Gasteiger partial charge is 0.496 e. The van der Waals surface area contributed by atoms with Crippen LogP contribution in [-0.4, -0.2) is 31.9 Å². The summed E-state index contributed by atoms with van der Waals surface area (Å²) in [4.78, 5) is 11.4. The van der Waals surface area contributed by atoms with Gasteiger partial charge in [0.15, 0.2) is 0 Å². The summed E-state index contributed by atoms with van der Waals surface area (Å²) in [5.74, 6) is 0.306. The van der Waals surface area contributed by atoms with Crippen LogP contribution in [0.25, 0.3) is 0 Å². The molecule has 0 amide bonds. The van der Waals surface area contributed by atoms with E-state index < -0.39 is 5.41 Å². The molecule has 0 aliphatic carbocycles. The van der Waals surface area contributed by atoms with E-state index in [1.54, 1.807) is 13.2 Å². The van der Waals surface area contributed by atoms with Gasteiger partial charge in [-0.1, -0.05) is 25.1 Å². The number of rotatable bonds is 5. The molecule has 0 radical (unpaired) electrons. The molecule has 0 aliphatic rings. The minimum Gasteiger partial charge on any atom is -0.496 e. The predicted molar refractivity (Wildman–Crippen MR) is 64.1 cm³/mol. The first-order valence-corrected chi connectivity index (χ1v) is 5.38. The van der Waals surface area contributed by atoms with Crippen molar-refractivity contribution in [3.8, 4) is 5.75 Å². The third kappa shape index (κ3) is 2.97. The van der Waals surface area contributed by atoms with E-state index in [-0.39, 0.29) is 19.0 Å². The summed E-state index contributed by atoms with van der Waals surface area (Å²) in [6, 6.07) is 7.35. The third-order valence-corrected chi connectivity index (χ3v) is 2.87. The lowest BCUT2D eigenvalue weighted by molar-refractivity contribution is -0.142. The molecule has 0 heterocycles. The average Bonchev–Trinajstić information content (AvgIpc) is 2.38. The van der Waals surface area contributed by atoms with E-state index in [2.05, 4.69) is 4.74 Å². The van der Waals surface area contributed by atoms with Crippen LogP contribution in [0, 0.1) is 0 Å². The number of ether oxygens (including phenoxy) is 2. The van der Waals surface area contributed by atoms with Crippen molar-refractivity contribution in [2.24, 2.45) is 0 Å². The normalized spacial score (nSPS) is 13.9. The molecule has 1 aromatic carbocycles. The maximum atomic E-state index is 11.4. The molecule has 0 bridgehead atoms. The summed E-state index contributed by atoms with van der Waals surface area (Å²) < 4.78 is 9.90. The van der Waals surface area contributed by atoms with Crippen molar-refractivity contribution in [3.63, 3.8) is 0 Å². The van der Waals surface area contributed by atoms with Gasteiger partial charge in [-0.2, -0.15) is 0 Å². The molecule has 1 N–H and O–H groups in total. The molecule has 4 nitrogen and oxygen atoms in total. The molecular weight excluding hydrogens is 220 g/mol. The second kappa shape index (κ2) is 5.68. The van der Waals surface area contributed by atoms with Gasteiger partial charge in [-0.05, 0) is 6.07 Å². The second-order valence-electron chi connectivity index (χ2n) is 4.17. The number of carbonyl (C=O) groups excluding carboxylic acids is 1. The van der Waals surface area contributed by atoms with Gasteiger partial charge in [0.05, 0.1) is 27.2 Å². The lowest BCUT2D eigenvalue weighted by Crippen LogP contribution is -2.31. The zero-order valence-corrected chi connectivity index (χ0v) is 10.4. The fourth-order valence-corrected chi connectivity index (χ4v) is 1.77. The van der Waals surface area contributed by atoms with Gasteiger partial charge in [0.1, 0.15) is 5.75 Å². The van der Waals surface area contributed by atoms with Gasteiger partial charge in [0.25, 0.3) is 0 Å². The van der Waals surface area contributed by atoms with Gasteiger partial charge in [-0.15, -0.1) is 0 Å². The summed E-state index contributed by atoms with van der Waals surface area (Å²) >= 11 is 0. The van der Waals surface area contributed by atoms with Crippen LogP contribution in [0.5, 0.6) is 5.75 Å². The monoisotopic (exact) mass is 238 g/mol. The van der Waals surface area contributed by atoms with Crippen molar-refractivity contribution in [1.29, 1.82) is 0 Å². The summed E-state index contributed by atoms with van der Waals surface area (Å²) in [5.41, 5.74) is 0.107. The lowest BCUT2D eigenvalue weighted by Gasteiger charge is -2.28. The maximum absolute atomic E-state index is 11.4. The molecule has 0 fully saturated rings. The molecule has 0 saturated heterocycles. The third-order valence-electron chi connectivity index (χ3n) is 2.87. The molecular formula is C13H18O4. The standard InChI is InChI=1S/C13H18O4/c1-13(9-14,8-12(15)17-3)10-6-4-5-7-11(10)16-2/h4-7,14H,8-9H2,1-3H3. The number of benzene rings is 1. The molecule has 1 atom stereocenters. The van der Waals surface area contributed by atoms with E-state index in [1.165, 1.54) is 7.11 Å². The molecule has 0 saturated carbocycles. The number of aliphatic hydroxyl groups is 1. The predicted octanol–water partition coefficient (Wildman–Crippen LogP) is 1.51. The van der Waals surface area contributed by atoms with Gasteiger partial charge in [-0.3, -0.25) is 4.79 Å². The minimum atomic E-state index is -0.695. The lowest BCUT2D eigenvalue weighted by atomic mass is 9.79. The van der Waals surface area contributed by atoms with Gasteiger partial charge >= 0.3 is 5.97 Å². The molecule has 4 heteroatoms. The van der Waals surface area contributed by atoms with E-state index in [0.717, 1.165) is 5.56 Å². The fourth-order valence-electron chi connectivity index (χ4n) is 1.77. The summed E-state index contributed by atoms with van der Waals surface area (Å²) in [7, 11) is 2.90. The Labute approximate surface area is 101 Å². The van der Waals surface area contributed by atoms with Crippen LogP contribution in [0.15, 0.2) is 24.3 Å². The van der Waals surface area contributed by atoms with E-state index in [0.29, 0.717) is 5.75 Å². The summed E-state index contributed by atoms with van der Waals surface area (Å²) in [5, 5.41) is 9.54. The number of methoxy groups -OCH3 is 2. The first kappa shape index (κ1) is 13.5. The molecule has 0 aromatic heterocycles. The smallest absolute Gasteiger partial charge is 0.306 e. The van der Waals surface area contributed by atoms with E-state index in [9.17, 15) is 9.90 Å². The van der Waals surface area contributed by atoms with E-state index >= 15 is 0 Å². The van der Waals surface area contributed by atoms with Crippen molar-refractivity contribution in [3.05, 3.63) is 29.8 Å². The molecule has 17 heavy (non-hydrogen) atoms. The number of carbonyl (C=O) groups is 1. The van der Waals surface area contributed by atoms with Crippen LogP contribution in [0.2, 0.25) is 0 Å². The Hall–Kier alpha value is -1.55. The SMILES string of the molecule is COC(=O)CC(C)(CO)c1ccccc1OC. The molecule has 1 aromatic rings. The van der Waals surface area contributed by atoms with Crippen molar-refractivity contribution >= 4 is 5.97 Å². The molecule has 0 aliphatic heterocycles. The van der Waals surface area contributed by atoms with Crippen LogP contribution >= 0.6 is 0 Å². The number of hydrogen-bond donors (Lipinski definition) is 1.